The van der Waals surface area contributed by atoms with Crippen molar-refractivity contribution in [2.45, 2.75) is 50.1 Å². The second-order valence-electron chi connectivity index (χ2n) is 5.86. The minimum Gasteiger partial charge on any atom is -0.316 e. The Kier molecular flexibility index (Phi) is 5.35. The van der Waals surface area contributed by atoms with Crippen LogP contribution in [0.5, 0.6) is 0 Å². The van der Waals surface area contributed by atoms with Gasteiger partial charge in [0.05, 0.1) is 4.90 Å². The van der Waals surface area contributed by atoms with Crippen LogP contribution in [0, 0.1) is 11.7 Å². The second kappa shape index (κ2) is 6.85. The number of halogens is 1. The Morgan fingerprint density at radius 2 is 1.90 bits per heavy atom. The Labute approximate surface area is 126 Å². The van der Waals surface area contributed by atoms with Crippen molar-refractivity contribution in [2.75, 3.05) is 7.05 Å². The summed E-state index contributed by atoms with van der Waals surface area (Å²) < 4.78 is 41.2. The monoisotopic (exact) mass is 314 g/mol. The Hall–Kier alpha value is -0.980. The molecule has 0 aromatic heterocycles. The third-order valence-corrected chi connectivity index (χ3v) is 5.63. The van der Waals surface area contributed by atoms with E-state index in [-0.39, 0.29) is 10.9 Å². The fraction of sp³-hybridized carbons (Fsp3) is 0.600. The summed E-state index contributed by atoms with van der Waals surface area (Å²) in [5.41, 5.74) is 0.579. The van der Waals surface area contributed by atoms with Gasteiger partial charge in [0.1, 0.15) is 5.82 Å². The maximum absolute atomic E-state index is 13.4. The van der Waals surface area contributed by atoms with E-state index >= 15 is 0 Å². The van der Waals surface area contributed by atoms with Crippen LogP contribution in [0.15, 0.2) is 23.1 Å². The van der Waals surface area contributed by atoms with Gasteiger partial charge in [-0.15, -0.1) is 0 Å². The minimum atomic E-state index is -3.68. The van der Waals surface area contributed by atoms with Crippen molar-refractivity contribution < 1.29 is 12.8 Å². The molecule has 21 heavy (non-hydrogen) atoms. The molecule has 1 saturated carbocycles. The molecule has 118 valence electrons. The Morgan fingerprint density at radius 3 is 2.52 bits per heavy atom. The Bertz CT molecular complexity index is 581. The molecule has 0 saturated heterocycles. The number of hydrogen-bond donors (Lipinski definition) is 2. The van der Waals surface area contributed by atoms with E-state index in [1.807, 2.05) is 0 Å². The molecule has 1 fully saturated rings. The smallest absolute Gasteiger partial charge is 0.241 e. The molecule has 2 N–H and O–H groups in total. The van der Waals surface area contributed by atoms with Crippen LogP contribution in [-0.4, -0.2) is 21.5 Å². The van der Waals surface area contributed by atoms with Gasteiger partial charge >= 0.3 is 0 Å². The van der Waals surface area contributed by atoms with Crippen LogP contribution < -0.4 is 10.0 Å². The van der Waals surface area contributed by atoms with E-state index in [0.29, 0.717) is 18.0 Å². The summed E-state index contributed by atoms with van der Waals surface area (Å²) in [6.45, 7) is 2.57. The summed E-state index contributed by atoms with van der Waals surface area (Å²) in [6, 6.07) is 3.86. The van der Waals surface area contributed by atoms with E-state index in [1.165, 1.54) is 12.1 Å². The van der Waals surface area contributed by atoms with Gasteiger partial charge in [-0.1, -0.05) is 13.0 Å². The quantitative estimate of drug-likeness (QED) is 0.877. The molecule has 1 aliphatic carbocycles. The molecule has 0 heterocycles. The van der Waals surface area contributed by atoms with Crippen molar-refractivity contribution in [1.29, 1.82) is 0 Å². The van der Waals surface area contributed by atoms with Gasteiger partial charge in [-0.05, 0) is 56.3 Å². The van der Waals surface area contributed by atoms with Crippen molar-refractivity contribution >= 4 is 10.0 Å². The molecule has 1 aliphatic rings. The third-order valence-electron chi connectivity index (χ3n) is 4.02. The highest BCUT2D eigenvalue weighted by molar-refractivity contribution is 7.89. The second-order valence-corrected chi connectivity index (χ2v) is 7.54. The summed E-state index contributed by atoms with van der Waals surface area (Å²) in [7, 11) is -1.95. The maximum Gasteiger partial charge on any atom is 0.241 e. The summed E-state index contributed by atoms with van der Waals surface area (Å²) in [4.78, 5) is 0.0375. The zero-order chi connectivity index (χ0) is 15.5. The van der Waals surface area contributed by atoms with Crippen LogP contribution in [-0.2, 0) is 16.6 Å². The van der Waals surface area contributed by atoms with Crippen LogP contribution in [0.2, 0.25) is 0 Å². The summed E-state index contributed by atoms with van der Waals surface area (Å²) in [5, 5.41) is 2.91. The maximum atomic E-state index is 13.4. The molecule has 0 radical (unpaired) electrons. The molecule has 6 heteroatoms. The third kappa shape index (κ3) is 4.25. The standard InChI is InChI=1S/C15H23FN2O2S/c1-11-3-7-14(8-4-11)18-21(19,20)15-9-13(16)6-5-12(15)10-17-2/h5-6,9,11,14,17-18H,3-4,7-8,10H2,1-2H3. The van der Waals surface area contributed by atoms with Crippen LogP contribution in [0.25, 0.3) is 0 Å². The van der Waals surface area contributed by atoms with E-state index in [1.54, 1.807) is 7.05 Å². The predicted molar refractivity (Wildman–Crippen MR) is 80.9 cm³/mol. The van der Waals surface area contributed by atoms with Crippen LogP contribution in [0.3, 0.4) is 0 Å². The molecule has 0 aliphatic heterocycles. The highest BCUT2D eigenvalue weighted by Crippen LogP contribution is 2.25. The molecule has 0 unspecified atom stereocenters. The zero-order valence-corrected chi connectivity index (χ0v) is 13.3. The molecule has 0 atom stereocenters. The van der Waals surface area contributed by atoms with E-state index in [0.717, 1.165) is 31.7 Å². The fourth-order valence-electron chi connectivity index (χ4n) is 2.78. The van der Waals surface area contributed by atoms with Gasteiger partial charge in [-0.3, -0.25) is 0 Å². The lowest BCUT2D eigenvalue weighted by atomic mass is 9.88. The van der Waals surface area contributed by atoms with Gasteiger partial charge < -0.3 is 5.32 Å². The molecule has 1 aromatic carbocycles. The van der Waals surface area contributed by atoms with Crippen molar-refractivity contribution in [1.82, 2.24) is 10.0 Å². The highest BCUT2D eigenvalue weighted by Gasteiger charge is 2.26. The lowest BCUT2D eigenvalue weighted by molar-refractivity contribution is 0.332. The average Bonchev–Trinajstić information content (AvgIpc) is 2.43. The van der Waals surface area contributed by atoms with Gasteiger partial charge in [-0.2, -0.15) is 0 Å². The molecule has 0 bridgehead atoms. The first-order chi connectivity index (χ1) is 9.92. The molecule has 1 aromatic rings. The molecule has 4 nitrogen and oxygen atoms in total. The lowest BCUT2D eigenvalue weighted by Gasteiger charge is -2.27. The normalized spacial score (nSPS) is 23.2. The summed E-state index contributed by atoms with van der Waals surface area (Å²) in [6.07, 6.45) is 3.74. The molecular formula is C15H23FN2O2S. The van der Waals surface area contributed by atoms with E-state index in [2.05, 4.69) is 17.0 Å². The topological polar surface area (TPSA) is 58.2 Å². The van der Waals surface area contributed by atoms with Gasteiger partial charge in [0, 0.05) is 12.6 Å². The number of sulfonamides is 1. The van der Waals surface area contributed by atoms with Crippen molar-refractivity contribution in [3.05, 3.63) is 29.6 Å². The zero-order valence-electron chi connectivity index (χ0n) is 12.5. The molecule has 2 rings (SSSR count). The number of nitrogens with one attached hydrogen (secondary N) is 2. The van der Waals surface area contributed by atoms with Gasteiger partial charge in [0.25, 0.3) is 0 Å². The molecule has 0 spiro atoms. The van der Waals surface area contributed by atoms with E-state index < -0.39 is 15.8 Å². The first kappa shape index (κ1) is 16.4. The van der Waals surface area contributed by atoms with Gasteiger partial charge in [-0.25, -0.2) is 17.5 Å². The first-order valence-corrected chi connectivity index (χ1v) is 8.86. The van der Waals surface area contributed by atoms with Crippen molar-refractivity contribution in [2.24, 2.45) is 5.92 Å². The number of rotatable bonds is 5. The van der Waals surface area contributed by atoms with Gasteiger partial charge in [0.2, 0.25) is 10.0 Å². The lowest BCUT2D eigenvalue weighted by Crippen LogP contribution is -2.37. The average molecular weight is 314 g/mol. The van der Waals surface area contributed by atoms with Crippen molar-refractivity contribution in [3.63, 3.8) is 0 Å². The van der Waals surface area contributed by atoms with E-state index in [9.17, 15) is 12.8 Å². The molecule has 0 amide bonds. The van der Waals surface area contributed by atoms with E-state index in [4.69, 9.17) is 0 Å². The number of hydrogen-bond acceptors (Lipinski definition) is 3. The predicted octanol–water partition coefficient (Wildman–Crippen LogP) is 2.40. The highest BCUT2D eigenvalue weighted by atomic mass is 32.2. The Morgan fingerprint density at radius 1 is 1.24 bits per heavy atom. The van der Waals surface area contributed by atoms with Crippen LogP contribution >= 0.6 is 0 Å². The Balaban J connectivity index is 2.20. The van der Waals surface area contributed by atoms with Crippen LogP contribution in [0.1, 0.15) is 38.2 Å². The molecular weight excluding hydrogens is 291 g/mol. The summed E-state index contributed by atoms with van der Waals surface area (Å²) >= 11 is 0. The fourth-order valence-corrected chi connectivity index (χ4v) is 4.33. The summed E-state index contributed by atoms with van der Waals surface area (Å²) in [5.74, 6) is 0.118. The number of benzene rings is 1. The minimum absolute atomic E-state index is 0.0375. The largest absolute Gasteiger partial charge is 0.316 e. The van der Waals surface area contributed by atoms with Crippen LogP contribution in [0.4, 0.5) is 4.39 Å². The SMILES string of the molecule is CNCc1ccc(F)cc1S(=O)(=O)NC1CCC(C)CC1. The first-order valence-electron chi connectivity index (χ1n) is 7.37. The van der Waals surface area contributed by atoms with Crippen molar-refractivity contribution in [3.8, 4) is 0 Å². The van der Waals surface area contributed by atoms with Gasteiger partial charge in [0.15, 0.2) is 0 Å².